The zero-order valence-electron chi connectivity index (χ0n) is 9.10. The summed E-state index contributed by atoms with van der Waals surface area (Å²) < 4.78 is 22.7. The van der Waals surface area contributed by atoms with Crippen LogP contribution in [-0.2, 0) is 9.53 Å². The second kappa shape index (κ2) is 5.83. The van der Waals surface area contributed by atoms with E-state index in [1.54, 1.807) is 0 Å². The Kier molecular flexibility index (Phi) is 4.45. The smallest absolute Gasteiger partial charge is 0.335 e. The Bertz CT molecular complexity index is 430. The number of carboxylic acid groups (broad SMARTS) is 1. The number of benzene rings is 1. The largest absolute Gasteiger partial charge is 0.490 e. The lowest BCUT2D eigenvalue weighted by Gasteiger charge is -2.06. The molecule has 0 atom stereocenters. The maximum atomic E-state index is 13.3. The summed E-state index contributed by atoms with van der Waals surface area (Å²) in [6.07, 6.45) is -0.00335. The first-order valence-electron chi connectivity index (χ1n) is 4.77. The van der Waals surface area contributed by atoms with Crippen LogP contribution in [0.5, 0.6) is 5.75 Å². The van der Waals surface area contributed by atoms with Crippen LogP contribution >= 0.6 is 0 Å². The van der Waals surface area contributed by atoms with E-state index >= 15 is 0 Å². The van der Waals surface area contributed by atoms with Gasteiger partial charge in [-0.15, -0.1) is 0 Å². The Balaban J connectivity index is 2.60. The molecule has 1 rings (SSSR count). The molecule has 0 aliphatic rings. The summed E-state index contributed by atoms with van der Waals surface area (Å²) >= 11 is 0. The van der Waals surface area contributed by atoms with E-state index in [9.17, 15) is 14.0 Å². The van der Waals surface area contributed by atoms with Crippen molar-refractivity contribution >= 4 is 11.9 Å². The number of carbonyl (C=O) groups is 2. The van der Waals surface area contributed by atoms with Gasteiger partial charge in [-0.2, -0.15) is 0 Å². The molecule has 0 amide bonds. The number of hydrogen-bond acceptors (Lipinski definition) is 4. The van der Waals surface area contributed by atoms with E-state index in [2.05, 4.69) is 4.74 Å². The number of halogens is 1. The highest BCUT2D eigenvalue weighted by atomic mass is 19.1. The maximum Gasteiger partial charge on any atom is 0.335 e. The van der Waals surface area contributed by atoms with Crippen molar-refractivity contribution in [3.05, 3.63) is 29.6 Å². The summed E-state index contributed by atoms with van der Waals surface area (Å²) in [5.41, 5.74) is -0.164. The number of ether oxygens (including phenoxy) is 2. The van der Waals surface area contributed by atoms with Crippen LogP contribution in [-0.4, -0.2) is 30.8 Å². The fourth-order valence-corrected chi connectivity index (χ4v) is 1.10. The molecule has 0 unspecified atom stereocenters. The number of esters is 1. The van der Waals surface area contributed by atoms with E-state index < -0.39 is 17.8 Å². The van der Waals surface area contributed by atoms with Crippen molar-refractivity contribution in [1.82, 2.24) is 0 Å². The standard InChI is InChI=1S/C11H11FO5/c1-16-10(13)4-5-17-9-3-2-7(11(14)15)6-8(9)12/h2-3,6H,4-5H2,1H3,(H,14,15). The molecule has 0 bridgehead atoms. The molecule has 0 fully saturated rings. The van der Waals surface area contributed by atoms with Crippen LogP contribution in [0.15, 0.2) is 18.2 Å². The Morgan fingerprint density at radius 2 is 2.12 bits per heavy atom. The van der Waals surface area contributed by atoms with E-state index in [-0.39, 0.29) is 24.3 Å². The minimum atomic E-state index is -1.22. The van der Waals surface area contributed by atoms with Gasteiger partial charge in [0, 0.05) is 0 Å². The molecule has 1 N–H and O–H groups in total. The molecular weight excluding hydrogens is 231 g/mol. The van der Waals surface area contributed by atoms with Gasteiger partial charge in [-0.3, -0.25) is 4.79 Å². The highest BCUT2D eigenvalue weighted by molar-refractivity contribution is 5.87. The van der Waals surface area contributed by atoms with Gasteiger partial charge in [0.05, 0.1) is 25.7 Å². The highest BCUT2D eigenvalue weighted by Crippen LogP contribution is 2.18. The first-order valence-corrected chi connectivity index (χ1v) is 4.77. The van der Waals surface area contributed by atoms with E-state index in [0.717, 1.165) is 6.07 Å². The number of carbonyl (C=O) groups excluding carboxylic acids is 1. The Labute approximate surface area is 96.8 Å². The van der Waals surface area contributed by atoms with E-state index in [4.69, 9.17) is 9.84 Å². The molecule has 0 saturated carbocycles. The lowest BCUT2D eigenvalue weighted by molar-refractivity contribution is -0.141. The first kappa shape index (κ1) is 13.0. The molecule has 1 aromatic rings. The number of methoxy groups -OCH3 is 1. The third-order valence-corrected chi connectivity index (χ3v) is 1.97. The van der Waals surface area contributed by atoms with Gasteiger partial charge in [0.25, 0.3) is 0 Å². The van der Waals surface area contributed by atoms with E-state index in [0.29, 0.717) is 0 Å². The third kappa shape index (κ3) is 3.75. The van der Waals surface area contributed by atoms with Crippen molar-refractivity contribution in [2.75, 3.05) is 13.7 Å². The molecular formula is C11H11FO5. The van der Waals surface area contributed by atoms with Gasteiger partial charge in [-0.25, -0.2) is 9.18 Å². The van der Waals surface area contributed by atoms with Crippen LogP contribution in [0.1, 0.15) is 16.8 Å². The van der Waals surface area contributed by atoms with Gasteiger partial charge < -0.3 is 14.6 Å². The van der Waals surface area contributed by atoms with Gasteiger partial charge >= 0.3 is 11.9 Å². The molecule has 1 aromatic carbocycles. The molecule has 0 aromatic heterocycles. The average molecular weight is 242 g/mol. The maximum absolute atomic E-state index is 13.3. The van der Waals surface area contributed by atoms with Crippen LogP contribution in [0.4, 0.5) is 4.39 Å². The van der Waals surface area contributed by atoms with Gasteiger partial charge in [0.15, 0.2) is 11.6 Å². The van der Waals surface area contributed by atoms with Gasteiger partial charge in [-0.05, 0) is 18.2 Å². The lowest BCUT2D eigenvalue weighted by atomic mass is 10.2. The molecule has 0 aliphatic heterocycles. The Hall–Kier alpha value is -2.11. The highest BCUT2D eigenvalue weighted by Gasteiger charge is 2.09. The predicted octanol–water partition coefficient (Wildman–Crippen LogP) is 1.47. The molecule has 0 saturated heterocycles. The first-order chi connectivity index (χ1) is 8.04. The van der Waals surface area contributed by atoms with Gasteiger partial charge in [0.1, 0.15) is 0 Å². The number of carboxylic acids is 1. The summed E-state index contributed by atoms with van der Waals surface area (Å²) in [7, 11) is 1.24. The fraction of sp³-hybridized carbons (Fsp3) is 0.273. The van der Waals surface area contributed by atoms with Crippen molar-refractivity contribution in [2.45, 2.75) is 6.42 Å². The Morgan fingerprint density at radius 1 is 1.41 bits per heavy atom. The van der Waals surface area contributed by atoms with Crippen molar-refractivity contribution in [3.8, 4) is 5.75 Å². The number of hydrogen-bond donors (Lipinski definition) is 1. The minimum Gasteiger partial charge on any atom is -0.490 e. The number of aromatic carboxylic acids is 1. The van der Waals surface area contributed by atoms with Crippen LogP contribution in [0.3, 0.4) is 0 Å². The van der Waals surface area contributed by atoms with Gasteiger partial charge in [0.2, 0.25) is 0 Å². The summed E-state index contributed by atoms with van der Waals surface area (Å²) in [4.78, 5) is 21.3. The monoisotopic (exact) mass is 242 g/mol. The van der Waals surface area contributed by atoms with Crippen LogP contribution in [0.2, 0.25) is 0 Å². The third-order valence-electron chi connectivity index (χ3n) is 1.97. The van der Waals surface area contributed by atoms with Crippen molar-refractivity contribution in [3.63, 3.8) is 0 Å². The van der Waals surface area contributed by atoms with Crippen molar-refractivity contribution in [1.29, 1.82) is 0 Å². The minimum absolute atomic E-state index is 0.00335. The predicted molar refractivity (Wildman–Crippen MR) is 55.5 cm³/mol. The summed E-state index contributed by atoms with van der Waals surface area (Å²) in [6, 6.07) is 3.28. The van der Waals surface area contributed by atoms with Gasteiger partial charge in [-0.1, -0.05) is 0 Å². The quantitative estimate of drug-likeness (QED) is 0.791. The summed E-state index contributed by atoms with van der Waals surface area (Å²) in [5, 5.41) is 8.61. The molecule has 92 valence electrons. The van der Waals surface area contributed by atoms with E-state index in [1.807, 2.05) is 0 Å². The summed E-state index contributed by atoms with van der Waals surface area (Å²) in [6.45, 7) is -0.0317. The normalized spacial score (nSPS) is 9.76. The SMILES string of the molecule is COC(=O)CCOc1ccc(C(=O)O)cc1F. The molecule has 0 heterocycles. The second-order valence-corrected chi connectivity index (χ2v) is 3.12. The zero-order chi connectivity index (χ0) is 12.8. The van der Waals surface area contributed by atoms with E-state index in [1.165, 1.54) is 19.2 Å². The number of rotatable bonds is 5. The Morgan fingerprint density at radius 3 is 2.65 bits per heavy atom. The molecule has 17 heavy (non-hydrogen) atoms. The van der Waals surface area contributed by atoms with Crippen LogP contribution in [0, 0.1) is 5.82 Å². The molecule has 0 spiro atoms. The molecule has 6 heteroatoms. The fourth-order valence-electron chi connectivity index (χ4n) is 1.10. The topological polar surface area (TPSA) is 72.8 Å². The van der Waals surface area contributed by atoms with Crippen LogP contribution in [0.25, 0.3) is 0 Å². The average Bonchev–Trinajstić information content (AvgIpc) is 2.30. The van der Waals surface area contributed by atoms with Crippen molar-refractivity contribution in [2.24, 2.45) is 0 Å². The summed E-state index contributed by atoms with van der Waals surface area (Å²) in [5.74, 6) is -2.56. The second-order valence-electron chi connectivity index (χ2n) is 3.12. The molecule has 0 radical (unpaired) electrons. The lowest BCUT2D eigenvalue weighted by Crippen LogP contribution is -2.08. The zero-order valence-corrected chi connectivity index (χ0v) is 9.10. The van der Waals surface area contributed by atoms with Crippen LogP contribution < -0.4 is 4.74 Å². The van der Waals surface area contributed by atoms with Crippen molar-refractivity contribution < 1.29 is 28.6 Å². The molecule has 5 nitrogen and oxygen atoms in total. The molecule has 0 aliphatic carbocycles.